The van der Waals surface area contributed by atoms with Gasteiger partial charge in [0.25, 0.3) is 0 Å². The summed E-state index contributed by atoms with van der Waals surface area (Å²) in [5, 5.41) is 12.4. The highest BCUT2D eigenvalue weighted by Crippen LogP contribution is 2.74. The number of aliphatic hydroxyl groups is 1. The van der Waals surface area contributed by atoms with Gasteiger partial charge in [0.05, 0.1) is 5.92 Å². The maximum absolute atomic E-state index is 14.1. The molecule has 0 heterocycles. The Morgan fingerprint density at radius 1 is 0.608 bits per heavy atom. The predicted molar refractivity (Wildman–Crippen MR) is 194 cm³/mol. The van der Waals surface area contributed by atoms with E-state index in [-0.39, 0.29) is 81.0 Å². The number of carbonyl (C=O) groups excluding carboxylic acids is 3. The molecule has 0 unspecified atom stereocenters. The fourth-order valence-corrected chi connectivity index (χ4v) is 17.0. The number of hydrogen-bond acceptors (Lipinski definition) is 7. The summed E-state index contributed by atoms with van der Waals surface area (Å²) in [5.41, 5.74) is -0.415. The van der Waals surface area contributed by atoms with Crippen LogP contribution in [0.2, 0.25) is 0 Å². The molecule has 7 heteroatoms. The monoisotopic (exact) mass is 708 g/mol. The number of carbonyl (C=O) groups is 3. The second kappa shape index (κ2) is 11.7. The molecule has 8 fully saturated rings. The minimum absolute atomic E-state index is 0.0208. The van der Waals surface area contributed by atoms with Crippen LogP contribution in [0.4, 0.5) is 0 Å². The Balaban J connectivity index is 0.938. The Bertz CT molecular complexity index is 1450. The van der Waals surface area contributed by atoms with Crippen LogP contribution < -0.4 is 0 Å². The first kappa shape index (κ1) is 36.4. The van der Waals surface area contributed by atoms with E-state index in [1.165, 1.54) is 13.3 Å². The first-order chi connectivity index (χ1) is 23.8. The van der Waals surface area contributed by atoms with Gasteiger partial charge in [-0.25, -0.2) is 0 Å². The average Bonchev–Trinajstić information content (AvgIpc) is 3.43. The van der Waals surface area contributed by atoms with Gasteiger partial charge in [-0.2, -0.15) is 0 Å². The second-order valence-electron chi connectivity index (χ2n) is 21.7. The Labute approximate surface area is 307 Å². The highest BCUT2D eigenvalue weighted by Gasteiger charge is 2.70. The molecule has 4 bridgehead atoms. The zero-order chi connectivity index (χ0) is 36.6. The maximum atomic E-state index is 14.1. The SMILES string of the molecule is CC(=O)O[C@@H]1CC[C@]2(C)[C@H](CC[C@@]34C[C@@H](CC[C@H]32)[C@H](C(=O)OC[C@@]2(O)C[C@@]35CC[C@@H]6C(C)(C)[C@H](OC(C)=O)CC[C@@]6(C)[C@@H]3CC[C@@H]2C5)C4)C1(C)C. The lowest BCUT2D eigenvalue weighted by Crippen LogP contribution is -2.59. The van der Waals surface area contributed by atoms with Gasteiger partial charge in [-0.15, -0.1) is 0 Å². The molecule has 1 N–H and O–H groups in total. The summed E-state index contributed by atoms with van der Waals surface area (Å²) >= 11 is 0. The van der Waals surface area contributed by atoms with E-state index in [4.69, 9.17) is 14.2 Å². The molecule has 2 spiro atoms. The van der Waals surface area contributed by atoms with Gasteiger partial charge in [-0.3, -0.25) is 14.4 Å². The van der Waals surface area contributed by atoms with Crippen LogP contribution in [0.1, 0.15) is 158 Å². The van der Waals surface area contributed by atoms with E-state index in [9.17, 15) is 19.5 Å². The van der Waals surface area contributed by atoms with Gasteiger partial charge in [0.15, 0.2) is 0 Å². The van der Waals surface area contributed by atoms with Gasteiger partial charge >= 0.3 is 17.9 Å². The molecule has 7 nitrogen and oxygen atoms in total. The van der Waals surface area contributed by atoms with Crippen molar-refractivity contribution in [3.63, 3.8) is 0 Å². The highest BCUT2D eigenvalue weighted by atomic mass is 16.6. The van der Waals surface area contributed by atoms with Crippen LogP contribution in [-0.4, -0.2) is 47.4 Å². The molecular formula is C44H68O7. The van der Waals surface area contributed by atoms with Gasteiger partial charge in [0.2, 0.25) is 0 Å². The lowest BCUT2D eigenvalue weighted by molar-refractivity contribution is -0.197. The normalized spacial score (nSPS) is 51.6. The number of rotatable bonds is 5. The van der Waals surface area contributed by atoms with Crippen molar-refractivity contribution in [1.29, 1.82) is 0 Å². The quantitative estimate of drug-likeness (QED) is 0.225. The second-order valence-corrected chi connectivity index (χ2v) is 21.7. The average molecular weight is 709 g/mol. The minimum Gasteiger partial charge on any atom is -0.462 e. The first-order valence-corrected chi connectivity index (χ1v) is 21.0. The summed E-state index contributed by atoms with van der Waals surface area (Å²) in [7, 11) is 0. The number of hydrogen-bond donors (Lipinski definition) is 1. The third-order valence-corrected chi connectivity index (χ3v) is 18.8. The van der Waals surface area contributed by atoms with Crippen molar-refractivity contribution in [2.75, 3.05) is 6.61 Å². The minimum atomic E-state index is -0.940. The molecule has 0 saturated heterocycles. The van der Waals surface area contributed by atoms with Crippen LogP contribution in [0.3, 0.4) is 0 Å². The van der Waals surface area contributed by atoms with Crippen molar-refractivity contribution in [2.24, 2.45) is 73.9 Å². The summed E-state index contributed by atoms with van der Waals surface area (Å²) in [4.78, 5) is 38.1. The van der Waals surface area contributed by atoms with Gasteiger partial charge in [0, 0.05) is 24.7 Å². The molecule has 8 saturated carbocycles. The molecule has 286 valence electrons. The first-order valence-electron chi connectivity index (χ1n) is 21.0. The molecule has 0 amide bonds. The standard InChI is InChI=1S/C44H68O7/c1-26(45)50-35-15-17-40(7)31(38(35,3)4)13-19-42-21-28(9-11-33(40)42)30(23-42)37(47)49-25-44(48)24-43-20-14-32-39(5,6)36(51-27(2)46)16-18-41(32,8)34(43)12-10-29(44)22-43/h28-36,48H,9-25H2,1-8H3/t28-,29-,30-,31-,32-,33+,34+,35-,36-,40-,41-,42+,43+,44+/m1/s1. The summed E-state index contributed by atoms with van der Waals surface area (Å²) in [6.07, 6.45) is 16.7. The maximum Gasteiger partial charge on any atom is 0.309 e. The van der Waals surface area contributed by atoms with Gasteiger partial charge in [-0.1, -0.05) is 41.5 Å². The van der Waals surface area contributed by atoms with Gasteiger partial charge < -0.3 is 19.3 Å². The molecule has 51 heavy (non-hydrogen) atoms. The fourth-order valence-electron chi connectivity index (χ4n) is 17.0. The smallest absolute Gasteiger partial charge is 0.309 e. The molecule has 14 atom stereocenters. The Hall–Kier alpha value is -1.63. The Kier molecular flexibility index (Phi) is 8.33. The molecule has 8 aliphatic rings. The highest BCUT2D eigenvalue weighted by molar-refractivity contribution is 5.73. The molecule has 0 radical (unpaired) electrons. The molecule has 0 aromatic carbocycles. The van der Waals surface area contributed by atoms with Crippen molar-refractivity contribution < 1.29 is 33.7 Å². The van der Waals surface area contributed by atoms with E-state index in [1.54, 1.807) is 6.92 Å². The molecule has 0 aromatic heterocycles. The molecule has 0 aromatic rings. The Morgan fingerprint density at radius 3 is 1.71 bits per heavy atom. The predicted octanol–water partition coefficient (Wildman–Crippen LogP) is 8.83. The summed E-state index contributed by atoms with van der Waals surface area (Å²) in [5.74, 6) is 2.26. The van der Waals surface area contributed by atoms with Crippen molar-refractivity contribution >= 4 is 17.9 Å². The van der Waals surface area contributed by atoms with Crippen molar-refractivity contribution in [3.05, 3.63) is 0 Å². The van der Waals surface area contributed by atoms with E-state index < -0.39 is 5.60 Å². The number of ether oxygens (including phenoxy) is 3. The van der Waals surface area contributed by atoms with Crippen LogP contribution in [0.15, 0.2) is 0 Å². The zero-order valence-electron chi connectivity index (χ0n) is 33.1. The van der Waals surface area contributed by atoms with Crippen molar-refractivity contribution in [1.82, 2.24) is 0 Å². The molecule has 8 rings (SSSR count). The van der Waals surface area contributed by atoms with E-state index >= 15 is 0 Å². The Morgan fingerprint density at radius 2 is 1.14 bits per heavy atom. The van der Waals surface area contributed by atoms with Crippen LogP contribution >= 0.6 is 0 Å². The van der Waals surface area contributed by atoms with Crippen LogP contribution in [-0.2, 0) is 28.6 Å². The zero-order valence-corrected chi connectivity index (χ0v) is 33.1. The lowest BCUT2D eigenvalue weighted by Gasteiger charge is -2.65. The number of esters is 3. The van der Waals surface area contributed by atoms with Gasteiger partial charge in [-0.05, 0) is 160 Å². The van der Waals surface area contributed by atoms with Gasteiger partial charge in [0.1, 0.15) is 24.4 Å². The van der Waals surface area contributed by atoms with Crippen molar-refractivity contribution in [3.8, 4) is 0 Å². The molecule has 8 aliphatic carbocycles. The third kappa shape index (κ3) is 5.20. The van der Waals surface area contributed by atoms with Crippen LogP contribution in [0.5, 0.6) is 0 Å². The van der Waals surface area contributed by atoms with E-state index in [1.807, 2.05) is 0 Å². The summed E-state index contributed by atoms with van der Waals surface area (Å²) < 4.78 is 18.1. The van der Waals surface area contributed by atoms with E-state index in [0.29, 0.717) is 29.6 Å². The number of fused-ring (bicyclic) bond motifs is 6. The largest absolute Gasteiger partial charge is 0.462 e. The molecular weight excluding hydrogens is 640 g/mol. The summed E-state index contributed by atoms with van der Waals surface area (Å²) in [6.45, 7) is 17.6. The summed E-state index contributed by atoms with van der Waals surface area (Å²) in [6, 6.07) is 0. The van der Waals surface area contributed by atoms with Crippen LogP contribution in [0, 0.1) is 73.9 Å². The topological polar surface area (TPSA) is 99.1 Å². The van der Waals surface area contributed by atoms with E-state index in [2.05, 4.69) is 41.5 Å². The third-order valence-electron chi connectivity index (χ3n) is 18.8. The van der Waals surface area contributed by atoms with Crippen molar-refractivity contribution in [2.45, 2.75) is 176 Å². The molecule has 0 aliphatic heterocycles. The van der Waals surface area contributed by atoms with E-state index in [0.717, 1.165) is 96.3 Å². The lowest BCUT2D eigenvalue weighted by atomic mass is 9.41. The van der Waals surface area contributed by atoms with Crippen LogP contribution in [0.25, 0.3) is 0 Å². The fraction of sp³-hybridized carbons (Fsp3) is 0.932.